The number of hydrogen-bond acceptors (Lipinski definition) is 6. The van der Waals surface area contributed by atoms with Crippen molar-refractivity contribution in [3.8, 4) is 22.9 Å². The smallest absolute Gasteiger partial charge is 0.325 e. The number of nitriles is 1. The lowest BCUT2D eigenvalue weighted by atomic mass is 9.96. The molecule has 0 saturated carbocycles. The molecule has 1 saturated heterocycles. The SMILES string of the molecule is CCOC1(O)CCC(c2ccc(-c3ccc(OC(=O)CC#N)cc3)cc2)OC1. The molecule has 28 heavy (non-hydrogen) atoms. The van der Waals surface area contributed by atoms with Gasteiger partial charge in [0.25, 0.3) is 0 Å². The van der Waals surface area contributed by atoms with E-state index in [1.807, 2.05) is 43.3 Å². The molecule has 2 unspecified atom stereocenters. The maximum atomic E-state index is 11.4. The van der Waals surface area contributed by atoms with Crippen molar-refractivity contribution < 1.29 is 24.1 Å². The van der Waals surface area contributed by atoms with Crippen LogP contribution in [0.1, 0.15) is 37.9 Å². The van der Waals surface area contributed by atoms with Crippen LogP contribution < -0.4 is 4.74 Å². The Hall–Kier alpha value is -2.72. The van der Waals surface area contributed by atoms with Crippen molar-refractivity contribution in [2.45, 2.75) is 38.1 Å². The van der Waals surface area contributed by atoms with E-state index in [9.17, 15) is 9.90 Å². The molecule has 1 aliphatic heterocycles. The second kappa shape index (κ2) is 8.98. The lowest BCUT2D eigenvalue weighted by molar-refractivity contribution is -0.264. The zero-order valence-electron chi connectivity index (χ0n) is 15.8. The third kappa shape index (κ3) is 4.96. The van der Waals surface area contributed by atoms with E-state index in [1.54, 1.807) is 18.2 Å². The lowest BCUT2D eigenvalue weighted by Gasteiger charge is -2.35. The number of nitrogens with zero attached hydrogens (tertiary/aromatic N) is 1. The summed E-state index contributed by atoms with van der Waals surface area (Å²) in [5.41, 5.74) is 3.08. The molecule has 146 valence electrons. The summed E-state index contributed by atoms with van der Waals surface area (Å²) >= 11 is 0. The van der Waals surface area contributed by atoms with Gasteiger partial charge >= 0.3 is 5.97 Å². The summed E-state index contributed by atoms with van der Waals surface area (Å²) in [5, 5.41) is 18.7. The van der Waals surface area contributed by atoms with Crippen LogP contribution >= 0.6 is 0 Å². The van der Waals surface area contributed by atoms with Gasteiger partial charge in [-0.1, -0.05) is 36.4 Å². The highest BCUT2D eigenvalue weighted by molar-refractivity contribution is 5.75. The Kier molecular flexibility index (Phi) is 6.42. The van der Waals surface area contributed by atoms with E-state index in [-0.39, 0.29) is 19.1 Å². The third-order valence-electron chi connectivity index (χ3n) is 4.65. The van der Waals surface area contributed by atoms with Crippen LogP contribution in [0.4, 0.5) is 0 Å². The number of aliphatic hydroxyl groups is 1. The fourth-order valence-corrected chi connectivity index (χ4v) is 3.23. The van der Waals surface area contributed by atoms with Gasteiger partial charge in [0.2, 0.25) is 0 Å². The average Bonchev–Trinajstić information content (AvgIpc) is 2.70. The van der Waals surface area contributed by atoms with E-state index < -0.39 is 11.8 Å². The molecule has 0 aromatic heterocycles. The second-order valence-electron chi connectivity index (χ2n) is 6.67. The van der Waals surface area contributed by atoms with Crippen LogP contribution in [0.3, 0.4) is 0 Å². The van der Waals surface area contributed by atoms with Gasteiger partial charge in [-0.25, -0.2) is 0 Å². The third-order valence-corrected chi connectivity index (χ3v) is 4.65. The molecule has 2 aromatic carbocycles. The summed E-state index contributed by atoms with van der Waals surface area (Å²) < 4.78 is 16.2. The molecule has 1 N–H and O–H groups in total. The largest absolute Gasteiger partial charge is 0.426 e. The van der Waals surface area contributed by atoms with Crippen LogP contribution in [0.2, 0.25) is 0 Å². The van der Waals surface area contributed by atoms with Gasteiger partial charge in [0.15, 0.2) is 5.79 Å². The van der Waals surface area contributed by atoms with Crippen molar-refractivity contribution >= 4 is 5.97 Å². The molecule has 1 fully saturated rings. The highest BCUT2D eigenvalue weighted by atomic mass is 16.6. The van der Waals surface area contributed by atoms with Crippen LogP contribution in [0.5, 0.6) is 5.75 Å². The van der Waals surface area contributed by atoms with Crippen LogP contribution in [0.15, 0.2) is 48.5 Å². The van der Waals surface area contributed by atoms with Crippen LogP contribution in [0.25, 0.3) is 11.1 Å². The maximum absolute atomic E-state index is 11.4. The number of rotatable bonds is 6. The zero-order valence-corrected chi connectivity index (χ0v) is 15.8. The first kappa shape index (κ1) is 20.0. The topological polar surface area (TPSA) is 88.8 Å². The highest BCUT2D eigenvalue weighted by Crippen LogP contribution is 2.34. The maximum Gasteiger partial charge on any atom is 0.325 e. The fraction of sp³-hybridized carbons (Fsp3) is 0.364. The Balaban J connectivity index is 1.62. The molecular formula is C22H23NO5. The lowest BCUT2D eigenvalue weighted by Crippen LogP contribution is -2.42. The number of ether oxygens (including phenoxy) is 3. The number of carbonyl (C=O) groups is 1. The quantitative estimate of drug-likeness (QED) is 0.466. The highest BCUT2D eigenvalue weighted by Gasteiger charge is 2.35. The average molecular weight is 381 g/mol. The first-order valence-corrected chi connectivity index (χ1v) is 9.29. The summed E-state index contributed by atoms with van der Waals surface area (Å²) in [4.78, 5) is 11.4. The predicted octanol–water partition coefficient (Wildman–Crippen LogP) is 3.75. The van der Waals surface area contributed by atoms with Gasteiger partial charge in [0.05, 0.1) is 12.2 Å². The molecular weight excluding hydrogens is 358 g/mol. The molecule has 3 rings (SSSR count). The van der Waals surface area contributed by atoms with E-state index in [0.717, 1.165) is 16.7 Å². The first-order chi connectivity index (χ1) is 13.5. The van der Waals surface area contributed by atoms with Crippen molar-refractivity contribution in [1.29, 1.82) is 5.26 Å². The minimum atomic E-state index is -1.18. The Morgan fingerprint density at radius 2 is 1.86 bits per heavy atom. The van der Waals surface area contributed by atoms with Gasteiger partial charge in [0.1, 0.15) is 18.8 Å². The van der Waals surface area contributed by atoms with Crippen molar-refractivity contribution in [1.82, 2.24) is 0 Å². The molecule has 1 aliphatic rings. The number of esters is 1. The van der Waals surface area contributed by atoms with Crippen LogP contribution in [0, 0.1) is 11.3 Å². The summed E-state index contributed by atoms with van der Waals surface area (Å²) in [7, 11) is 0. The second-order valence-corrected chi connectivity index (χ2v) is 6.67. The minimum absolute atomic E-state index is 0.0586. The van der Waals surface area contributed by atoms with E-state index in [0.29, 0.717) is 25.2 Å². The predicted molar refractivity (Wildman–Crippen MR) is 102 cm³/mol. The molecule has 0 bridgehead atoms. The molecule has 0 aliphatic carbocycles. The van der Waals surface area contributed by atoms with E-state index in [2.05, 4.69) is 0 Å². The molecule has 0 spiro atoms. The van der Waals surface area contributed by atoms with Crippen molar-refractivity contribution in [3.05, 3.63) is 54.1 Å². The summed E-state index contributed by atoms with van der Waals surface area (Å²) in [5.74, 6) is -1.33. The molecule has 6 heteroatoms. The summed E-state index contributed by atoms with van der Waals surface area (Å²) in [6.45, 7) is 2.47. The van der Waals surface area contributed by atoms with Gasteiger partial charge in [-0.05, 0) is 42.2 Å². The zero-order chi connectivity index (χ0) is 20.0. The van der Waals surface area contributed by atoms with E-state index >= 15 is 0 Å². The van der Waals surface area contributed by atoms with E-state index in [4.69, 9.17) is 19.5 Å². The first-order valence-electron chi connectivity index (χ1n) is 9.29. The molecule has 0 amide bonds. The molecule has 2 aromatic rings. The number of benzene rings is 2. The Bertz CT molecular complexity index is 831. The van der Waals surface area contributed by atoms with Gasteiger partial charge < -0.3 is 19.3 Å². The summed E-state index contributed by atoms with van der Waals surface area (Å²) in [6.07, 6.45) is 0.906. The minimum Gasteiger partial charge on any atom is -0.426 e. The Labute approximate surface area is 164 Å². The molecule has 2 atom stereocenters. The summed E-state index contributed by atoms with van der Waals surface area (Å²) in [6, 6.07) is 17.0. The Morgan fingerprint density at radius 1 is 1.21 bits per heavy atom. The monoisotopic (exact) mass is 381 g/mol. The Morgan fingerprint density at radius 3 is 2.39 bits per heavy atom. The van der Waals surface area contributed by atoms with Gasteiger partial charge in [0, 0.05) is 13.0 Å². The molecule has 6 nitrogen and oxygen atoms in total. The fourth-order valence-electron chi connectivity index (χ4n) is 3.23. The van der Waals surface area contributed by atoms with Gasteiger partial charge in [-0.3, -0.25) is 4.79 Å². The van der Waals surface area contributed by atoms with Crippen LogP contribution in [-0.4, -0.2) is 30.1 Å². The standard InChI is InChI=1S/C22H23NO5/c1-2-27-22(25)13-11-20(26-15-22)18-5-3-16(4-6-18)17-7-9-19(10-8-17)28-21(24)12-14-23/h3-10,20,25H,2,11-13,15H2,1H3. The van der Waals surface area contributed by atoms with Crippen molar-refractivity contribution in [2.24, 2.45) is 0 Å². The van der Waals surface area contributed by atoms with Crippen LogP contribution in [-0.2, 0) is 14.3 Å². The molecule has 0 radical (unpaired) electrons. The number of carbonyl (C=O) groups excluding carboxylic acids is 1. The van der Waals surface area contributed by atoms with Crippen molar-refractivity contribution in [3.63, 3.8) is 0 Å². The molecule has 1 heterocycles. The normalized spacial score (nSPS) is 21.7. The van der Waals surface area contributed by atoms with Crippen molar-refractivity contribution in [2.75, 3.05) is 13.2 Å². The number of hydrogen-bond donors (Lipinski definition) is 1. The van der Waals surface area contributed by atoms with E-state index in [1.165, 1.54) is 0 Å². The van der Waals surface area contributed by atoms with Gasteiger partial charge in [-0.15, -0.1) is 0 Å². The van der Waals surface area contributed by atoms with Gasteiger partial charge in [-0.2, -0.15) is 5.26 Å².